The summed E-state index contributed by atoms with van der Waals surface area (Å²) in [5.41, 5.74) is 3.43. The molecule has 0 aliphatic heterocycles. The SMILES string of the molecule is Cc1cc(C)nc(-n2[nH]cc(-c3ccccc3)c2=O)c1. The summed E-state index contributed by atoms with van der Waals surface area (Å²) in [5, 5.41) is 2.98. The number of hydrogen-bond acceptors (Lipinski definition) is 2. The minimum atomic E-state index is -0.0892. The van der Waals surface area contributed by atoms with Gasteiger partial charge in [0.05, 0.1) is 5.56 Å². The molecule has 0 saturated heterocycles. The highest BCUT2D eigenvalue weighted by Gasteiger charge is 2.10. The fraction of sp³-hybridized carbons (Fsp3) is 0.125. The number of hydrogen-bond donors (Lipinski definition) is 1. The van der Waals surface area contributed by atoms with Crippen LogP contribution in [0.1, 0.15) is 11.3 Å². The van der Waals surface area contributed by atoms with Crippen LogP contribution in [0.2, 0.25) is 0 Å². The van der Waals surface area contributed by atoms with Gasteiger partial charge in [-0.15, -0.1) is 0 Å². The third-order valence-electron chi connectivity index (χ3n) is 3.17. The first-order chi connectivity index (χ1) is 9.65. The highest BCUT2D eigenvalue weighted by atomic mass is 16.1. The van der Waals surface area contributed by atoms with E-state index >= 15 is 0 Å². The van der Waals surface area contributed by atoms with Crippen molar-refractivity contribution in [3.63, 3.8) is 0 Å². The summed E-state index contributed by atoms with van der Waals surface area (Å²) >= 11 is 0. The summed E-state index contributed by atoms with van der Waals surface area (Å²) in [7, 11) is 0. The van der Waals surface area contributed by atoms with E-state index in [9.17, 15) is 4.79 Å². The van der Waals surface area contributed by atoms with E-state index in [0.717, 1.165) is 16.8 Å². The van der Waals surface area contributed by atoms with Crippen molar-refractivity contribution in [2.24, 2.45) is 0 Å². The minimum absolute atomic E-state index is 0.0892. The molecule has 0 radical (unpaired) electrons. The van der Waals surface area contributed by atoms with Gasteiger partial charge in [0.1, 0.15) is 0 Å². The van der Waals surface area contributed by atoms with Crippen LogP contribution in [-0.4, -0.2) is 14.8 Å². The fourth-order valence-corrected chi connectivity index (χ4v) is 2.30. The molecule has 3 rings (SSSR count). The Labute approximate surface area is 116 Å². The zero-order valence-electron chi connectivity index (χ0n) is 11.4. The Balaban J connectivity index is 2.14. The van der Waals surface area contributed by atoms with Gasteiger partial charge in [-0.25, -0.2) is 9.67 Å². The molecule has 3 aromatic rings. The van der Waals surface area contributed by atoms with E-state index in [1.54, 1.807) is 6.20 Å². The van der Waals surface area contributed by atoms with Gasteiger partial charge in [-0.3, -0.25) is 9.89 Å². The van der Waals surface area contributed by atoms with Gasteiger partial charge in [0.2, 0.25) is 0 Å². The van der Waals surface area contributed by atoms with E-state index in [1.807, 2.05) is 56.3 Å². The number of aromatic amines is 1. The summed E-state index contributed by atoms with van der Waals surface area (Å²) in [6, 6.07) is 13.5. The lowest BCUT2D eigenvalue weighted by atomic mass is 10.1. The third kappa shape index (κ3) is 2.16. The third-order valence-corrected chi connectivity index (χ3v) is 3.17. The Morgan fingerprint density at radius 1 is 1.10 bits per heavy atom. The van der Waals surface area contributed by atoms with Crippen LogP contribution in [0, 0.1) is 13.8 Å². The molecule has 100 valence electrons. The largest absolute Gasteiger partial charge is 0.296 e. The van der Waals surface area contributed by atoms with E-state index in [2.05, 4.69) is 10.1 Å². The zero-order chi connectivity index (χ0) is 14.1. The number of benzene rings is 1. The molecule has 0 amide bonds. The first kappa shape index (κ1) is 12.4. The molecule has 0 unspecified atom stereocenters. The van der Waals surface area contributed by atoms with Crippen molar-refractivity contribution in [1.82, 2.24) is 14.8 Å². The Morgan fingerprint density at radius 2 is 1.85 bits per heavy atom. The van der Waals surface area contributed by atoms with Gasteiger partial charge in [0.15, 0.2) is 5.82 Å². The number of nitrogens with zero attached hydrogens (tertiary/aromatic N) is 2. The Morgan fingerprint density at radius 3 is 2.55 bits per heavy atom. The van der Waals surface area contributed by atoms with Crippen molar-refractivity contribution in [2.75, 3.05) is 0 Å². The zero-order valence-corrected chi connectivity index (χ0v) is 11.4. The molecule has 1 aromatic carbocycles. The maximum absolute atomic E-state index is 12.5. The van der Waals surface area contributed by atoms with Gasteiger partial charge in [0, 0.05) is 11.9 Å². The summed E-state index contributed by atoms with van der Waals surface area (Å²) in [5.74, 6) is 0.620. The van der Waals surface area contributed by atoms with E-state index in [0.29, 0.717) is 11.4 Å². The van der Waals surface area contributed by atoms with Crippen molar-refractivity contribution in [1.29, 1.82) is 0 Å². The topological polar surface area (TPSA) is 50.7 Å². The predicted octanol–water partition coefficient (Wildman–Crippen LogP) is 2.84. The van der Waals surface area contributed by atoms with Gasteiger partial charge in [-0.2, -0.15) is 0 Å². The monoisotopic (exact) mass is 265 g/mol. The van der Waals surface area contributed by atoms with Gasteiger partial charge in [-0.1, -0.05) is 30.3 Å². The Bertz CT molecular complexity index is 780. The van der Waals surface area contributed by atoms with E-state index in [1.165, 1.54) is 4.68 Å². The summed E-state index contributed by atoms with van der Waals surface area (Å²) < 4.78 is 1.47. The van der Waals surface area contributed by atoms with E-state index < -0.39 is 0 Å². The molecule has 4 heteroatoms. The molecule has 0 fully saturated rings. The van der Waals surface area contributed by atoms with Crippen LogP contribution in [0.3, 0.4) is 0 Å². The quantitative estimate of drug-likeness (QED) is 0.774. The molecule has 4 nitrogen and oxygen atoms in total. The first-order valence-corrected chi connectivity index (χ1v) is 6.46. The van der Waals surface area contributed by atoms with Gasteiger partial charge < -0.3 is 0 Å². The maximum atomic E-state index is 12.5. The number of nitrogens with one attached hydrogen (secondary N) is 1. The lowest BCUT2D eigenvalue weighted by molar-refractivity contribution is 0.812. The molecule has 0 bridgehead atoms. The standard InChI is InChI=1S/C16H15N3O/c1-11-8-12(2)18-15(9-11)19-16(20)14(10-17-19)13-6-4-3-5-7-13/h3-10,17H,1-2H3. The van der Waals surface area contributed by atoms with Crippen molar-refractivity contribution in [3.05, 3.63) is 70.3 Å². The summed E-state index contributed by atoms with van der Waals surface area (Å²) in [6.45, 7) is 3.91. The highest BCUT2D eigenvalue weighted by molar-refractivity contribution is 5.61. The van der Waals surface area contributed by atoms with Crippen LogP contribution < -0.4 is 5.56 Å². The van der Waals surface area contributed by atoms with Crippen LogP contribution in [0.5, 0.6) is 0 Å². The van der Waals surface area contributed by atoms with Crippen LogP contribution in [0.15, 0.2) is 53.5 Å². The number of aromatic nitrogens is 3. The summed E-state index contributed by atoms with van der Waals surface area (Å²) in [4.78, 5) is 16.9. The van der Waals surface area contributed by atoms with E-state index in [4.69, 9.17) is 0 Å². The van der Waals surface area contributed by atoms with Gasteiger partial charge in [0.25, 0.3) is 5.56 Å². The molecule has 0 aliphatic rings. The second-order valence-corrected chi connectivity index (χ2v) is 4.84. The van der Waals surface area contributed by atoms with Crippen molar-refractivity contribution >= 4 is 0 Å². The van der Waals surface area contributed by atoms with Crippen molar-refractivity contribution in [3.8, 4) is 16.9 Å². The van der Waals surface area contributed by atoms with Crippen molar-refractivity contribution < 1.29 is 0 Å². The normalized spacial score (nSPS) is 10.7. The number of pyridine rings is 1. The second kappa shape index (κ2) is 4.81. The first-order valence-electron chi connectivity index (χ1n) is 6.46. The minimum Gasteiger partial charge on any atom is -0.296 e. The van der Waals surface area contributed by atoms with Gasteiger partial charge in [-0.05, 0) is 37.1 Å². The molecule has 2 heterocycles. The highest BCUT2D eigenvalue weighted by Crippen LogP contribution is 2.15. The van der Waals surface area contributed by atoms with Crippen LogP contribution in [-0.2, 0) is 0 Å². The van der Waals surface area contributed by atoms with Crippen LogP contribution in [0.4, 0.5) is 0 Å². The smallest absolute Gasteiger partial charge is 0.280 e. The molecule has 2 aromatic heterocycles. The Hall–Kier alpha value is -2.62. The van der Waals surface area contributed by atoms with Crippen LogP contribution in [0.25, 0.3) is 16.9 Å². The molecular weight excluding hydrogens is 250 g/mol. The lowest BCUT2D eigenvalue weighted by Gasteiger charge is -2.03. The average molecular weight is 265 g/mol. The number of aryl methyl sites for hydroxylation is 2. The number of rotatable bonds is 2. The van der Waals surface area contributed by atoms with Gasteiger partial charge >= 0.3 is 0 Å². The van der Waals surface area contributed by atoms with Crippen LogP contribution >= 0.6 is 0 Å². The molecule has 0 aliphatic carbocycles. The van der Waals surface area contributed by atoms with Crippen molar-refractivity contribution in [2.45, 2.75) is 13.8 Å². The fourth-order valence-electron chi connectivity index (χ4n) is 2.30. The molecular formula is C16H15N3O. The van der Waals surface area contributed by atoms with E-state index in [-0.39, 0.29) is 5.56 Å². The molecule has 20 heavy (non-hydrogen) atoms. The number of H-pyrrole nitrogens is 1. The molecule has 1 N–H and O–H groups in total. The summed E-state index contributed by atoms with van der Waals surface area (Å²) in [6.07, 6.45) is 1.72. The molecule has 0 saturated carbocycles. The maximum Gasteiger partial charge on any atom is 0.280 e. The molecule has 0 atom stereocenters. The lowest BCUT2D eigenvalue weighted by Crippen LogP contribution is -2.17. The predicted molar refractivity (Wildman–Crippen MR) is 79.1 cm³/mol. The second-order valence-electron chi connectivity index (χ2n) is 4.84. The average Bonchev–Trinajstić information content (AvgIpc) is 2.80. The Kier molecular flexibility index (Phi) is 2.99. The molecule has 0 spiro atoms.